The third-order valence-electron chi connectivity index (χ3n) is 10.1. The zero-order chi connectivity index (χ0) is 38.0. The van der Waals surface area contributed by atoms with E-state index in [-0.39, 0.29) is 31.5 Å². The van der Waals surface area contributed by atoms with Crippen LogP contribution in [0.3, 0.4) is 0 Å². The Balaban J connectivity index is 1.13. The average molecular weight is 737 g/mol. The molecule has 2 aromatic heterocycles. The number of hydrogen-bond acceptors (Lipinski definition) is 11. The number of fused-ring (bicyclic) bond motifs is 2. The van der Waals surface area contributed by atoms with Crippen molar-refractivity contribution in [1.82, 2.24) is 25.5 Å². The van der Waals surface area contributed by atoms with Gasteiger partial charge in [-0.1, -0.05) is 36.4 Å². The molecule has 2 aromatic carbocycles. The van der Waals surface area contributed by atoms with Crippen molar-refractivity contribution in [2.75, 3.05) is 19.8 Å². The first-order valence-corrected chi connectivity index (χ1v) is 17.4. The van der Waals surface area contributed by atoms with Gasteiger partial charge in [0, 0.05) is 41.0 Å². The number of carboxylic acids is 1. The van der Waals surface area contributed by atoms with Crippen molar-refractivity contribution in [3.63, 3.8) is 0 Å². The number of aliphatic hydroxyl groups excluding tert-OH is 5. The van der Waals surface area contributed by atoms with Crippen LogP contribution < -0.4 is 16.4 Å². The molecule has 0 aliphatic carbocycles. The van der Waals surface area contributed by atoms with Crippen molar-refractivity contribution in [3.05, 3.63) is 71.5 Å². The molecule has 53 heavy (non-hydrogen) atoms. The van der Waals surface area contributed by atoms with E-state index in [1.165, 1.54) is 4.90 Å². The Morgan fingerprint density at radius 2 is 1.60 bits per heavy atom. The van der Waals surface area contributed by atoms with Gasteiger partial charge in [0.25, 0.3) is 0 Å². The summed E-state index contributed by atoms with van der Waals surface area (Å²) in [6, 6.07) is 9.22. The molecule has 12 N–H and O–H groups in total. The molecule has 2 aliphatic rings. The monoisotopic (exact) mass is 736 g/mol. The second-order valence-corrected chi connectivity index (χ2v) is 13.5. The fourth-order valence-electron chi connectivity index (χ4n) is 7.29. The van der Waals surface area contributed by atoms with E-state index in [2.05, 4.69) is 20.6 Å². The molecule has 284 valence electrons. The summed E-state index contributed by atoms with van der Waals surface area (Å²) >= 11 is 0. The Labute approximate surface area is 302 Å². The molecule has 0 radical (unpaired) electrons. The van der Waals surface area contributed by atoms with Crippen LogP contribution in [0.5, 0.6) is 0 Å². The molecule has 17 nitrogen and oxygen atoms in total. The fourth-order valence-corrected chi connectivity index (χ4v) is 7.29. The number of carbonyl (C=O) groups is 4. The zero-order valence-electron chi connectivity index (χ0n) is 28.6. The number of nitrogens with two attached hydrogens (primary N) is 1. The third kappa shape index (κ3) is 7.63. The Kier molecular flexibility index (Phi) is 11.4. The van der Waals surface area contributed by atoms with E-state index in [4.69, 9.17) is 10.5 Å². The first-order valence-electron chi connectivity index (χ1n) is 17.4. The topological polar surface area (TPSA) is 284 Å². The number of carbonyl (C=O) groups excluding carboxylic acids is 3. The lowest BCUT2D eigenvalue weighted by molar-refractivity contribution is -0.232. The summed E-state index contributed by atoms with van der Waals surface area (Å²) in [4.78, 5) is 60.2. The van der Waals surface area contributed by atoms with Crippen LogP contribution in [0.1, 0.15) is 35.8 Å². The smallest absolute Gasteiger partial charge is 0.326 e. The predicted molar refractivity (Wildman–Crippen MR) is 188 cm³/mol. The van der Waals surface area contributed by atoms with Crippen molar-refractivity contribution in [1.29, 1.82) is 0 Å². The highest BCUT2D eigenvalue weighted by Gasteiger charge is 2.46. The standard InChI is InChI=1S/C36H44N6O11/c37-21(13-20-19-7-2-4-9-23(19)39-28(20)32-31(47)30(46)29(45)27(16-44)53-32)33(48)41-25(15-43)35(50)42-11-5-10-26(42)34(49)40-24(36(51)52)12-17-14-38-22-8-3-1-6-18(17)22/h1-4,6-9,14,21,24-27,29-32,38-39,43-47H,5,10-13,15-16,37H2,(H,40,49)(H,41,48)(H,51,52)/t21-,24-,25-,26-,27+,29+,30-,31-,32+/m0/s1. The minimum Gasteiger partial charge on any atom is -0.480 e. The lowest BCUT2D eigenvalue weighted by Gasteiger charge is -2.40. The van der Waals surface area contributed by atoms with Gasteiger partial charge in [0.15, 0.2) is 0 Å². The minimum atomic E-state index is -1.65. The number of H-pyrrole nitrogens is 2. The van der Waals surface area contributed by atoms with Crippen LogP contribution in [0.4, 0.5) is 0 Å². The molecule has 17 heteroatoms. The van der Waals surface area contributed by atoms with Gasteiger partial charge in [-0.25, -0.2) is 4.79 Å². The highest BCUT2D eigenvalue weighted by atomic mass is 16.5. The first kappa shape index (κ1) is 37.9. The highest BCUT2D eigenvalue weighted by molar-refractivity contribution is 5.95. The summed E-state index contributed by atoms with van der Waals surface area (Å²) in [7, 11) is 0. The van der Waals surface area contributed by atoms with Gasteiger partial charge < -0.3 is 66.6 Å². The Bertz CT molecular complexity index is 1960. The van der Waals surface area contributed by atoms with Crippen LogP contribution >= 0.6 is 0 Å². The molecule has 3 amide bonds. The molecule has 4 heterocycles. The number of aliphatic carboxylic acids is 1. The zero-order valence-corrected chi connectivity index (χ0v) is 28.6. The minimum absolute atomic E-state index is 0.00646. The van der Waals surface area contributed by atoms with E-state index < -0.39 is 91.6 Å². The summed E-state index contributed by atoms with van der Waals surface area (Å²) in [5.41, 5.74) is 9.16. The molecule has 9 atom stereocenters. The number of para-hydroxylation sites is 2. The van der Waals surface area contributed by atoms with E-state index >= 15 is 0 Å². The summed E-state index contributed by atoms with van der Waals surface area (Å²) < 4.78 is 5.78. The van der Waals surface area contributed by atoms with Gasteiger partial charge in [0.05, 0.1) is 24.9 Å². The summed E-state index contributed by atoms with van der Waals surface area (Å²) in [6.45, 7) is -1.32. The van der Waals surface area contributed by atoms with E-state index in [1.54, 1.807) is 30.5 Å². The number of aromatic amines is 2. The molecule has 2 fully saturated rings. The summed E-state index contributed by atoms with van der Waals surface area (Å²) in [6.07, 6.45) is -5.07. The number of nitrogens with one attached hydrogen (secondary N) is 4. The van der Waals surface area contributed by atoms with Gasteiger partial charge in [-0.05, 0) is 42.5 Å². The number of aromatic nitrogens is 2. The van der Waals surface area contributed by atoms with E-state index in [0.717, 1.165) is 10.9 Å². The van der Waals surface area contributed by atoms with Crippen molar-refractivity contribution in [2.24, 2.45) is 5.73 Å². The molecule has 2 saturated heterocycles. The molecule has 6 rings (SSSR count). The first-order chi connectivity index (χ1) is 25.4. The molecule has 0 bridgehead atoms. The van der Waals surface area contributed by atoms with E-state index in [0.29, 0.717) is 28.5 Å². The molecular weight excluding hydrogens is 692 g/mol. The third-order valence-corrected chi connectivity index (χ3v) is 10.1. The number of hydrogen-bond donors (Lipinski definition) is 11. The lowest BCUT2D eigenvalue weighted by Crippen LogP contribution is -2.58. The number of amides is 3. The molecular formula is C36H44N6O11. The Morgan fingerprint density at radius 1 is 0.906 bits per heavy atom. The van der Waals surface area contributed by atoms with Crippen molar-refractivity contribution in [3.8, 4) is 0 Å². The average Bonchev–Trinajstić information content (AvgIpc) is 3.90. The Morgan fingerprint density at radius 3 is 2.30 bits per heavy atom. The second-order valence-electron chi connectivity index (χ2n) is 13.5. The van der Waals surface area contributed by atoms with Crippen LogP contribution in [0, 0.1) is 0 Å². The van der Waals surface area contributed by atoms with Gasteiger partial charge in [-0.2, -0.15) is 0 Å². The number of benzene rings is 2. The van der Waals surface area contributed by atoms with E-state index in [9.17, 15) is 49.8 Å². The van der Waals surface area contributed by atoms with Crippen LogP contribution in [-0.2, 0) is 36.8 Å². The summed E-state index contributed by atoms with van der Waals surface area (Å²) in [5, 5.41) is 67.9. The maximum absolute atomic E-state index is 13.7. The molecule has 4 aromatic rings. The quantitative estimate of drug-likeness (QED) is 0.0734. The van der Waals surface area contributed by atoms with Crippen molar-refractivity contribution in [2.45, 2.75) is 80.4 Å². The van der Waals surface area contributed by atoms with Gasteiger partial charge in [-0.3, -0.25) is 14.4 Å². The van der Waals surface area contributed by atoms with Crippen LogP contribution in [0.15, 0.2) is 54.7 Å². The molecule has 2 aliphatic heterocycles. The summed E-state index contributed by atoms with van der Waals surface area (Å²) in [5.74, 6) is -3.49. The van der Waals surface area contributed by atoms with Gasteiger partial charge in [0.2, 0.25) is 17.7 Å². The van der Waals surface area contributed by atoms with Crippen LogP contribution in [0.2, 0.25) is 0 Å². The van der Waals surface area contributed by atoms with Gasteiger partial charge >= 0.3 is 5.97 Å². The largest absolute Gasteiger partial charge is 0.480 e. The number of likely N-dealkylation sites (tertiary alicyclic amines) is 1. The van der Waals surface area contributed by atoms with Gasteiger partial charge in [0.1, 0.15) is 48.6 Å². The maximum atomic E-state index is 13.7. The Hall–Kier alpha value is -4.88. The number of aliphatic hydroxyl groups is 5. The van der Waals surface area contributed by atoms with Crippen molar-refractivity contribution < 1.29 is 54.6 Å². The lowest BCUT2D eigenvalue weighted by atomic mass is 9.90. The molecule has 0 spiro atoms. The highest BCUT2D eigenvalue weighted by Crippen LogP contribution is 2.37. The van der Waals surface area contributed by atoms with Crippen LogP contribution in [0.25, 0.3) is 21.8 Å². The number of carboxylic acid groups (broad SMARTS) is 1. The number of ether oxygens (including phenoxy) is 1. The second kappa shape index (κ2) is 16.0. The number of rotatable bonds is 13. The SMILES string of the molecule is N[C@@H](Cc1c([C@H]2O[C@H](CO)[C@@H](O)[C@H](O)[C@@H]2O)[nH]c2ccccc12)C(=O)N[C@@H](CO)C(=O)N1CCC[C@H]1C(=O)N[C@@H](Cc1c[nH]c2ccccc12)C(=O)O. The predicted octanol–water partition coefficient (Wildman–Crippen LogP) is -1.69. The normalized spacial score (nSPS) is 24.9. The molecule has 0 saturated carbocycles. The van der Waals surface area contributed by atoms with Crippen molar-refractivity contribution >= 4 is 45.5 Å². The number of nitrogens with zero attached hydrogens (tertiary/aromatic N) is 1. The van der Waals surface area contributed by atoms with Crippen LogP contribution in [-0.4, -0.2) is 138 Å². The fraction of sp³-hybridized carbons (Fsp3) is 0.444. The molecule has 0 unspecified atom stereocenters. The maximum Gasteiger partial charge on any atom is 0.326 e. The van der Waals surface area contributed by atoms with Gasteiger partial charge in [-0.15, -0.1) is 0 Å². The van der Waals surface area contributed by atoms with E-state index in [1.807, 2.05) is 24.3 Å².